The largest absolute Gasteiger partial charge is 0.484 e. The highest BCUT2D eigenvalue weighted by molar-refractivity contribution is 6.31. The molecule has 2 aromatic rings. The van der Waals surface area contributed by atoms with Gasteiger partial charge in [-0.3, -0.25) is 9.59 Å². The molecule has 0 saturated carbocycles. The summed E-state index contributed by atoms with van der Waals surface area (Å²) in [6.07, 6.45) is 1.30. The molecule has 1 N–H and O–H groups in total. The van der Waals surface area contributed by atoms with Gasteiger partial charge in [0.1, 0.15) is 11.8 Å². The lowest BCUT2D eigenvalue weighted by atomic mass is 10.1. The lowest BCUT2D eigenvalue weighted by Crippen LogP contribution is -2.50. The summed E-state index contributed by atoms with van der Waals surface area (Å²) in [5, 5.41) is 4.01. The van der Waals surface area contributed by atoms with Crippen LogP contribution in [0.3, 0.4) is 0 Å². The van der Waals surface area contributed by atoms with Crippen LogP contribution < -0.4 is 10.1 Å². The fraction of sp³-hybridized carbons (Fsp3) is 0.364. The highest BCUT2D eigenvalue weighted by Crippen LogP contribution is 2.20. The van der Waals surface area contributed by atoms with Crippen molar-refractivity contribution in [3.63, 3.8) is 0 Å². The van der Waals surface area contributed by atoms with Crippen molar-refractivity contribution in [3.8, 4) is 5.75 Å². The number of carbonyl (C=O) groups excluding carboxylic acids is 2. The number of ether oxygens (including phenoxy) is 1. The summed E-state index contributed by atoms with van der Waals surface area (Å²) < 4.78 is 5.61. The minimum atomic E-state index is -0.612. The number of hydrogen-bond donors (Lipinski definition) is 1. The van der Waals surface area contributed by atoms with Crippen molar-refractivity contribution in [1.82, 2.24) is 10.2 Å². The van der Waals surface area contributed by atoms with Crippen LogP contribution in [-0.4, -0.2) is 35.9 Å². The molecule has 0 aliphatic heterocycles. The summed E-state index contributed by atoms with van der Waals surface area (Å²) in [4.78, 5) is 27.2. The van der Waals surface area contributed by atoms with Crippen molar-refractivity contribution in [2.24, 2.45) is 0 Å². The first-order chi connectivity index (χ1) is 14.0. The molecule has 0 aromatic heterocycles. The van der Waals surface area contributed by atoms with E-state index in [1.54, 1.807) is 30.3 Å². The average molecular weight is 437 g/mol. The molecule has 29 heavy (non-hydrogen) atoms. The van der Waals surface area contributed by atoms with Gasteiger partial charge in [-0.2, -0.15) is 0 Å². The molecule has 0 unspecified atom stereocenters. The van der Waals surface area contributed by atoms with Crippen LogP contribution in [0.4, 0.5) is 0 Å². The second kappa shape index (κ2) is 11.7. The van der Waals surface area contributed by atoms with E-state index in [1.165, 1.54) is 4.90 Å². The average Bonchev–Trinajstić information content (AvgIpc) is 2.72. The third kappa shape index (κ3) is 6.94. The van der Waals surface area contributed by atoms with Crippen molar-refractivity contribution in [2.45, 2.75) is 39.3 Å². The quantitative estimate of drug-likeness (QED) is 0.586. The van der Waals surface area contributed by atoms with Gasteiger partial charge in [0.2, 0.25) is 5.91 Å². The van der Waals surface area contributed by atoms with Gasteiger partial charge in [-0.05, 0) is 48.7 Å². The zero-order valence-electron chi connectivity index (χ0n) is 16.7. The van der Waals surface area contributed by atoms with Gasteiger partial charge in [-0.15, -0.1) is 0 Å². The first kappa shape index (κ1) is 23.0. The second-order valence-corrected chi connectivity index (χ2v) is 7.41. The van der Waals surface area contributed by atoms with Crippen LogP contribution in [0, 0.1) is 0 Å². The number of benzene rings is 2. The molecule has 0 spiro atoms. The van der Waals surface area contributed by atoms with Crippen molar-refractivity contribution < 1.29 is 14.3 Å². The zero-order valence-corrected chi connectivity index (χ0v) is 18.2. The molecule has 0 fully saturated rings. The summed E-state index contributed by atoms with van der Waals surface area (Å²) in [7, 11) is 0. The Morgan fingerprint density at radius 2 is 1.76 bits per heavy atom. The number of amides is 2. The molecule has 2 amide bonds. The summed E-state index contributed by atoms with van der Waals surface area (Å²) >= 11 is 12.2. The van der Waals surface area contributed by atoms with E-state index in [-0.39, 0.29) is 25.0 Å². The molecule has 0 heterocycles. The number of nitrogens with one attached hydrogen (secondary N) is 1. The number of hydrogen-bond acceptors (Lipinski definition) is 3. The van der Waals surface area contributed by atoms with Crippen molar-refractivity contribution >= 4 is 35.0 Å². The smallest absolute Gasteiger partial charge is 0.261 e. The van der Waals surface area contributed by atoms with Crippen LogP contribution in [0.25, 0.3) is 0 Å². The molecule has 2 rings (SSSR count). The Labute approximate surface area is 181 Å². The van der Waals surface area contributed by atoms with E-state index in [4.69, 9.17) is 27.9 Å². The topological polar surface area (TPSA) is 58.6 Å². The number of rotatable bonds is 10. The summed E-state index contributed by atoms with van der Waals surface area (Å²) in [6.45, 7) is 4.45. The minimum Gasteiger partial charge on any atom is -0.484 e. The fourth-order valence-electron chi connectivity index (χ4n) is 2.85. The molecular weight excluding hydrogens is 411 g/mol. The monoisotopic (exact) mass is 436 g/mol. The SMILES string of the molecule is CCCNC(=O)[C@@H](CC)N(Cc1ccccc1Cl)C(=O)COc1ccc(Cl)cc1. The molecule has 5 nitrogen and oxygen atoms in total. The number of carbonyl (C=O) groups is 2. The van der Waals surface area contributed by atoms with Gasteiger partial charge in [-0.25, -0.2) is 0 Å². The van der Waals surface area contributed by atoms with Crippen LogP contribution in [0.5, 0.6) is 5.75 Å². The van der Waals surface area contributed by atoms with E-state index in [0.717, 1.165) is 12.0 Å². The Morgan fingerprint density at radius 1 is 1.07 bits per heavy atom. The third-order valence-electron chi connectivity index (χ3n) is 4.41. The van der Waals surface area contributed by atoms with Gasteiger partial charge >= 0.3 is 0 Å². The van der Waals surface area contributed by atoms with Crippen molar-refractivity contribution in [1.29, 1.82) is 0 Å². The predicted octanol–water partition coefficient (Wildman–Crippen LogP) is 4.71. The number of nitrogens with zero attached hydrogens (tertiary/aromatic N) is 1. The molecule has 0 bridgehead atoms. The minimum absolute atomic E-state index is 0.179. The first-order valence-corrected chi connectivity index (χ1v) is 10.4. The van der Waals surface area contributed by atoms with E-state index in [2.05, 4.69) is 5.32 Å². The van der Waals surface area contributed by atoms with Crippen molar-refractivity contribution in [3.05, 3.63) is 64.1 Å². The summed E-state index contributed by atoms with van der Waals surface area (Å²) in [5.74, 6) is 0.0588. The maximum Gasteiger partial charge on any atom is 0.261 e. The standard InChI is InChI=1S/C22H26Cl2N2O3/c1-3-13-25-22(28)20(4-2)26(14-16-7-5-6-8-19(16)24)21(27)15-29-18-11-9-17(23)10-12-18/h5-12,20H,3-4,13-15H2,1-2H3,(H,25,28)/t20-/m1/s1. The van der Waals surface area contributed by atoms with Gasteiger partial charge in [0.05, 0.1) is 0 Å². The van der Waals surface area contributed by atoms with Gasteiger partial charge in [0.25, 0.3) is 5.91 Å². The molecule has 1 atom stereocenters. The Hall–Kier alpha value is -2.24. The van der Waals surface area contributed by atoms with Crippen LogP contribution in [0.2, 0.25) is 10.0 Å². The summed E-state index contributed by atoms with van der Waals surface area (Å²) in [5.41, 5.74) is 0.774. The lowest BCUT2D eigenvalue weighted by molar-refractivity contribution is -0.143. The van der Waals surface area contributed by atoms with Crippen LogP contribution in [0.15, 0.2) is 48.5 Å². The van der Waals surface area contributed by atoms with E-state index in [1.807, 2.05) is 32.0 Å². The van der Waals surface area contributed by atoms with E-state index in [9.17, 15) is 9.59 Å². The second-order valence-electron chi connectivity index (χ2n) is 6.57. The molecular formula is C22H26Cl2N2O3. The van der Waals surface area contributed by atoms with Gasteiger partial charge in [0, 0.05) is 23.1 Å². The van der Waals surface area contributed by atoms with Crippen LogP contribution in [0.1, 0.15) is 32.3 Å². The normalized spacial score (nSPS) is 11.6. The lowest BCUT2D eigenvalue weighted by Gasteiger charge is -2.30. The maximum atomic E-state index is 13.0. The Bertz CT molecular complexity index is 812. The fourth-order valence-corrected chi connectivity index (χ4v) is 3.18. The summed E-state index contributed by atoms with van der Waals surface area (Å²) in [6, 6.07) is 13.4. The molecule has 0 aliphatic rings. The van der Waals surface area contributed by atoms with Gasteiger partial charge < -0.3 is 15.0 Å². The first-order valence-electron chi connectivity index (χ1n) is 9.65. The molecule has 0 radical (unpaired) electrons. The van der Waals surface area contributed by atoms with E-state index < -0.39 is 6.04 Å². The Morgan fingerprint density at radius 3 is 2.38 bits per heavy atom. The van der Waals surface area contributed by atoms with Gasteiger partial charge in [-0.1, -0.05) is 55.2 Å². The highest BCUT2D eigenvalue weighted by Gasteiger charge is 2.29. The molecule has 0 aliphatic carbocycles. The van der Waals surface area contributed by atoms with E-state index >= 15 is 0 Å². The Kier molecular flexibility index (Phi) is 9.29. The maximum absolute atomic E-state index is 13.0. The van der Waals surface area contributed by atoms with Gasteiger partial charge in [0.15, 0.2) is 6.61 Å². The molecule has 2 aromatic carbocycles. The van der Waals surface area contributed by atoms with E-state index in [0.29, 0.717) is 28.8 Å². The molecule has 7 heteroatoms. The van der Waals surface area contributed by atoms with Crippen LogP contribution >= 0.6 is 23.2 Å². The van der Waals surface area contributed by atoms with Crippen molar-refractivity contribution in [2.75, 3.05) is 13.2 Å². The molecule has 156 valence electrons. The molecule has 0 saturated heterocycles. The Balaban J connectivity index is 2.19. The highest BCUT2D eigenvalue weighted by atomic mass is 35.5. The number of halogens is 2. The third-order valence-corrected chi connectivity index (χ3v) is 5.03. The predicted molar refractivity (Wildman–Crippen MR) is 116 cm³/mol. The zero-order chi connectivity index (χ0) is 21.2. The van der Waals surface area contributed by atoms with Crippen LogP contribution in [-0.2, 0) is 16.1 Å².